The summed E-state index contributed by atoms with van der Waals surface area (Å²) in [4.78, 5) is 33.5. The Labute approximate surface area is 148 Å². The van der Waals surface area contributed by atoms with Crippen molar-refractivity contribution in [3.8, 4) is 5.75 Å². The molecule has 142 valence electrons. The number of carboxylic acids is 3. The van der Waals surface area contributed by atoms with Gasteiger partial charge in [0.05, 0.1) is 0 Å². The summed E-state index contributed by atoms with van der Waals surface area (Å²) in [6.07, 6.45) is 1.73. The van der Waals surface area contributed by atoms with Crippen LogP contribution in [0.4, 0.5) is 0 Å². The van der Waals surface area contributed by atoms with Crippen LogP contribution in [0.2, 0.25) is 0 Å². The normalized spacial score (nSPS) is 12.7. The maximum absolute atomic E-state index is 10.6. The summed E-state index contributed by atoms with van der Waals surface area (Å²) in [5.74, 6) is -3.08. The fourth-order valence-corrected chi connectivity index (χ4v) is 2.06. The molecule has 0 saturated carbocycles. The molecule has 0 radical (unpaired) electrons. The van der Waals surface area contributed by atoms with E-state index in [9.17, 15) is 19.5 Å². The van der Waals surface area contributed by atoms with Crippen LogP contribution in [0.1, 0.15) is 18.4 Å². The summed E-state index contributed by atoms with van der Waals surface area (Å²) in [5, 5.41) is 35.2. The number of nitrogens with two attached hydrogens (primary N) is 2. The van der Waals surface area contributed by atoms with Crippen LogP contribution in [0.5, 0.6) is 5.75 Å². The number of aliphatic carboxylic acids is 3. The molecule has 2 rings (SSSR count). The minimum atomic E-state index is -1.17. The zero-order valence-corrected chi connectivity index (χ0v) is 13.8. The lowest BCUT2D eigenvalue weighted by Crippen LogP contribution is -2.32. The van der Waals surface area contributed by atoms with E-state index < -0.39 is 30.0 Å². The molecular formula is C16H21N3O7. The third-order valence-electron chi connectivity index (χ3n) is 3.49. The highest BCUT2D eigenvalue weighted by atomic mass is 16.4. The molecule has 2 aromatic rings. The predicted molar refractivity (Wildman–Crippen MR) is 91.8 cm³/mol. The molecule has 1 heterocycles. The number of rotatable bonds is 7. The monoisotopic (exact) mass is 367 g/mol. The van der Waals surface area contributed by atoms with E-state index in [1.165, 1.54) is 0 Å². The van der Waals surface area contributed by atoms with Crippen LogP contribution in [-0.4, -0.2) is 55.4 Å². The van der Waals surface area contributed by atoms with Gasteiger partial charge in [0.1, 0.15) is 17.8 Å². The van der Waals surface area contributed by atoms with Gasteiger partial charge in [0.15, 0.2) is 0 Å². The fraction of sp³-hybridized carbons (Fsp3) is 0.312. The van der Waals surface area contributed by atoms with E-state index in [1.807, 2.05) is 0 Å². The first-order valence-corrected chi connectivity index (χ1v) is 7.59. The molecular weight excluding hydrogens is 346 g/mol. The van der Waals surface area contributed by atoms with Gasteiger partial charge in [-0.2, -0.15) is 0 Å². The number of benzene rings is 1. The molecule has 9 N–H and O–H groups in total. The Bertz CT molecular complexity index is 787. The summed E-state index contributed by atoms with van der Waals surface area (Å²) in [7, 11) is 0. The van der Waals surface area contributed by atoms with E-state index in [-0.39, 0.29) is 25.0 Å². The van der Waals surface area contributed by atoms with Gasteiger partial charge in [-0.15, -0.1) is 0 Å². The molecule has 26 heavy (non-hydrogen) atoms. The van der Waals surface area contributed by atoms with Crippen LogP contribution in [0.15, 0.2) is 24.4 Å². The Kier molecular flexibility index (Phi) is 7.56. The summed E-state index contributed by atoms with van der Waals surface area (Å²) < 4.78 is 0. The van der Waals surface area contributed by atoms with Crippen molar-refractivity contribution in [3.63, 3.8) is 0 Å². The maximum Gasteiger partial charge on any atom is 0.320 e. The lowest BCUT2D eigenvalue weighted by Gasteiger charge is -2.04. The van der Waals surface area contributed by atoms with Gasteiger partial charge < -0.3 is 36.9 Å². The number of hydrogen-bond donors (Lipinski definition) is 7. The average molecular weight is 367 g/mol. The second-order valence-electron chi connectivity index (χ2n) is 5.57. The van der Waals surface area contributed by atoms with Crippen molar-refractivity contribution < 1.29 is 34.8 Å². The molecule has 0 bridgehead atoms. The minimum absolute atomic E-state index is 0.0231. The molecule has 0 fully saturated rings. The Morgan fingerprint density at radius 1 is 1.04 bits per heavy atom. The first-order valence-electron chi connectivity index (χ1n) is 7.59. The first-order chi connectivity index (χ1) is 12.1. The zero-order valence-electron chi connectivity index (χ0n) is 13.8. The van der Waals surface area contributed by atoms with E-state index >= 15 is 0 Å². The number of aromatic hydroxyl groups is 1. The van der Waals surface area contributed by atoms with Crippen molar-refractivity contribution in [2.75, 3.05) is 0 Å². The number of aromatic nitrogens is 1. The summed E-state index contributed by atoms with van der Waals surface area (Å²) in [5.41, 5.74) is 12.1. The Morgan fingerprint density at radius 2 is 1.65 bits per heavy atom. The predicted octanol–water partition coefficient (Wildman–Crippen LogP) is 0.0910. The number of nitrogens with one attached hydrogen (secondary N) is 1. The Hall–Kier alpha value is -3.11. The van der Waals surface area contributed by atoms with E-state index in [0.717, 1.165) is 16.5 Å². The van der Waals surface area contributed by atoms with Gasteiger partial charge in [0.2, 0.25) is 0 Å². The van der Waals surface area contributed by atoms with Crippen LogP contribution >= 0.6 is 0 Å². The van der Waals surface area contributed by atoms with Gasteiger partial charge in [0, 0.05) is 29.9 Å². The molecule has 0 saturated heterocycles. The van der Waals surface area contributed by atoms with Crippen molar-refractivity contribution >= 4 is 28.8 Å². The first kappa shape index (κ1) is 20.9. The third kappa shape index (κ3) is 6.42. The van der Waals surface area contributed by atoms with E-state index in [2.05, 4.69) is 4.98 Å². The molecule has 10 heteroatoms. The molecule has 0 aliphatic rings. The second-order valence-corrected chi connectivity index (χ2v) is 5.57. The van der Waals surface area contributed by atoms with Crippen LogP contribution in [-0.2, 0) is 20.8 Å². The Balaban J connectivity index is 0.000000294. The molecule has 0 aliphatic carbocycles. The topological polar surface area (TPSA) is 200 Å². The van der Waals surface area contributed by atoms with Gasteiger partial charge in [-0.05, 0) is 30.2 Å². The van der Waals surface area contributed by atoms with E-state index in [0.29, 0.717) is 0 Å². The van der Waals surface area contributed by atoms with Gasteiger partial charge in [-0.3, -0.25) is 14.4 Å². The van der Waals surface area contributed by atoms with Gasteiger partial charge >= 0.3 is 17.9 Å². The molecule has 2 unspecified atom stereocenters. The molecule has 0 spiro atoms. The van der Waals surface area contributed by atoms with E-state index in [1.54, 1.807) is 24.4 Å². The van der Waals surface area contributed by atoms with Crippen LogP contribution in [0, 0.1) is 0 Å². The van der Waals surface area contributed by atoms with Gasteiger partial charge in [-0.1, -0.05) is 0 Å². The highest BCUT2D eigenvalue weighted by Crippen LogP contribution is 2.23. The summed E-state index contributed by atoms with van der Waals surface area (Å²) >= 11 is 0. The lowest BCUT2D eigenvalue weighted by atomic mass is 10.1. The van der Waals surface area contributed by atoms with E-state index in [4.69, 9.17) is 26.8 Å². The molecule has 0 aliphatic heterocycles. The smallest absolute Gasteiger partial charge is 0.320 e. The number of aromatic amines is 1. The lowest BCUT2D eigenvalue weighted by molar-refractivity contribution is -0.140. The quantitative estimate of drug-likeness (QED) is 0.354. The SMILES string of the molecule is NC(CCC(=O)O)C(=O)O.NC(Cc1c[nH]c2ccc(O)cc12)C(=O)O. The Morgan fingerprint density at radius 3 is 2.19 bits per heavy atom. The van der Waals surface area contributed by atoms with Crippen LogP contribution in [0.3, 0.4) is 0 Å². The summed E-state index contributed by atoms with van der Waals surface area (Å²) in [6, 6.07) is 2.91. The molecule has 2 atom stereocenters. The number of hydrogen-bond acceptors (Lipinski definition) is 6. The molecule has 10 nitrogen and oxygen atoms in total. The van der Waals surface area contributed by atoms with Crippen molar-refractivity contribution in [1.82, 2.24) is 4.98 Å². The number of carbonyl (C=O) groups is 3. The molecule has 0 amide bonds. The number of fused-ring (bicyclic) bond motifs is 1. The van der Waals surface area contributed by atoms with Crippen molar-refractivity contribution in [2.24, 2.45) is 11.5 Å². The zero-order chi connectivity index (χ0) is 19.9. The highest BCUT2D eigenvalue weighted by Gasteiger charge is 2.15. The largest absolute Gasteiger partial charge is 0.508 e. The highest BCUT2D eigenvalue weighted by molar-refractivity contribution is 5.85. The van der Waals surface area contributed by atoms with Crippen LogP contribution < -0.4 is 11.5 Å². The maximum atomic E-state index is 10.6. The third-order valence-corrected chi connectivity index (χ3v) is 3.49. The molecule has 1 aromatic heterocycles. The average Bonchev–Trinajstić information content (AvgIpc) is 2.95. The van der Waals surface area contributed by atoms with Crippen molar-refractivity contribution in [2.45, 2.75) is 31.3 Å². The van der Waals surface area contributed by atoms with Crippen molar-refractivity contribution in [3.05, 3.63) is 30.0 Å². The molecule has 1 aromatic carbocycles. The number of carboxylic acid groups (broad SMARTS) is 3. The fourth-order valence-electron chi connectivity index (χ4n) is 2.06. The van der Waals surface area contributed by atoms with Gasteiger partial charge in [0.25, 0.3) is 0 Å². The second kappa shape index (κ2) is 9.39. The van der Waals surface area contributed by atoms with Crippen LogP contribution in [0.25, 0.3) is 10.9 Å². The van der Waals surface area contributed by atoms with Crippen molar-refractivity contribution in [1.29, 1.82) is 0 Å². The number of phenolic OH excluding ortho intramolecular Hbond substituents is 1. The number of phenols is 1. The number of H-pyrrole nitrogens is 1. The minimum Gasteiger partial charge on any atom is -0.508 e. The van der Waals surface area contributed by atoms with Gasteiger partial charge in [-0.25, -0.2) is 0 Å². The standard InChI is InChI=1S/C11H12N2O3.C5H9NO4/c12-9(11(15)16)3-6-5-13-10-2-1-7(14)4-8(6)10;6-3(5(9)10)1-2-4(7)8/h1-2,4-5,9,13-14H,3,12H2,(H,15,16);3H,1-2,6H2,(H,7,8)(H,9,10). The summed E-state index contributed by atoms with van der Waals surface area (Å²) in [6.45, 7) is 0.